The van der Waals surface area contributed by atoms with Gasteiger partial charge >= 0.3 is 0 Å². The molecule has 2 heterocycles. The smallest absolute Gasteiger partial charge is 0.270 e. The molecule has 2 rings (SSSR count). The third-order valence-electron chi connectivity index (χ3n) is 2.88. The highest BCUT2D eigenvalue weighted by molar-refractivity contribution is 5.98. The first-order valence-corrected chi connectivity index (χ1v) is 5.53. The molecule has 17 heavy (non-hydrogen) atoms. The molecule has 6 nitrogen and oxygen atoms in total. The first-order chi connectivity index (χ1) is 8.08. The Morgan fingerprint density at radius 3 is 2.88 bits per heavy atom. The number of hydrogen-bond acceptors (Lipinski definition) is 3. The van der Waals surface area contributed by atoms with Gasteiger partial charge in [-0.25, -0.2) is 0 Å². The molecular weight excluding hydrogens is 222 g/mol. The van der Waals surface area contributed by atoms with Gasteiger partial charge in [0.1, 0.15) is 5.69 Å². The molecule has 1 aliphatic rings. The highest BCUT2D eigenvalue weighted by Gasteiger charge is 2.24. The van der Waals surface area contributed by atoms with E-state index in [1.165, 1.54) is 12.3 Å². The summed E-state index contributed by atoms with van der Waals surface area (Å²) in [5, 5.41) is 9.49. The van der Waals surface area contributed by atoms with Crippen molar-refractivity contribution in [2.45, 2.75) is 18.9 Å². The zero-order valence-electron chi connectivity index (χ0n) is 9.35. The number of nitrogens with two attached hydrogens (primary N) is 1. The van der Waals surface area contributed by atoms with Crippen molar-refractivity contribution in [3.05, 3.63) is 23.5 Å². The fourth-order valence-corrected chi connectivity index (χ4v) is 1.97. The number of piperidine rings is 1. The van der Waals surface area contributed by atoms with Crippen LogP contribution in [0.4, 0.5) is 0 Å². The second-order valence-electron chi connectivity index (χ2n) is 4.21. The van der Waals surface area contributed by atoms with Gasteiger partial charge in [0, 0.05) is 19.3 Å². The number of amides is 2. The Labute approximate surface area is 98.4 Å². The lowest BCUT2D eigenvalue weighted by atomic mass is 10.1. The number of rotatable bonds is 2. The van der Waals surface area contributed by atoms with Crippen molar-refractivity contribution >= 4 is 11.8 Å². The number of likely N-dealkylation sites (tertiary alicyclic amines) is 1. The Bertz CT molecular complexity index is 441. The van der Waals surface area contributed by atoms with Gasteiger partial charge in [-0.3, -0.25) is 9.59 Å². The Balaban J connectivity index is 2.10. The number of primary amides is 1. The number of aliphatic hydroxyl groups is 1. The van der Waals surface area contributed by atoms with Gasteiger partial charge in [0.2, 0.25) is 5.91 Å². The standard InChI is InChI=1S/C11H15N3O3/c12-10(16)7-4-9(13-5-7)11(17)14-3-1-2-8(15)6-14/h4-5,8,13,15H,1-3,6H2,(H2,12,16). The number of hydrogen-bond donors (Lipinski definition) is 3. The molecule has 6 heteroatoms. The van der Waals surface area contributed by atoms with Crippen LogP contribution < -0.4 is 5.73 Å². The summed E-state index contributed by atoms with van der Waals surface area (Å²) in [5.41, 5.74) is 5.71. The SMILES string of the molecule is NC(=O)c1c[nH]c(C(=O)N2CCCC(O)C2)c1. The Kier molecular flexibility index (Phi) is 3.14. The maximum Gasteiger partial charge on any atom is 0.270 e. The highest BCUT2D eigenvalue weighted by Crippen LogP contribution is 2.13. The van der Waals surface area contributed by atoms with E-state index >= 15 is 0 Å². The molecule has 1 fully saturated rings. The second-order valence-corrected chi connectivity index (χ2v) is 4.21. The molecule has 0 bridgehead atoms. The van der Waals surface area contributed by atoms with E-state index in [1.807, 2.05) is 0 Å². The van der Waals surface area contributed by atoms with Gasteiger partial charge in [0.15, 0.2) is 0 Å². The lowest BCUT2D eigenvalue weighted by Crippen LogP contribution is -2.42. The molecule has 0 aliphatic carbocycles. The predicted molar refractivity (Wildman–Crippen MR) is 60.5 cm³/mol. The quantitative estimate of drug-likeness (QED) is 0.659. The maximum absolute atomic E-state index is 12.0. The number of nitrogens with zero attached hydrogens (tertiary/aromatic N) is 1. The third-order valence-corrected chi connectivity index (χ3v) is 2.88. The van der Waals surface area contributed by atoms with E-state index < -0.39 is 12.0 Å². The largest absolute Gasteiger partial charge is 0.391 e. The van der Waals surface area contributed by atoms with E-state index in [0.717, 1.165) is 12.8 Å². The Hall–Kier alpha value is -1.82. The number of β-amino-alcohol motifs (C(OH)–C–C–N with tert-alkyl or cyclic N) is 1. The molecule has 1 aliphatic heterocycles. The summed E-state index contributed by atoms with van der Waals surface area (Å²) in [4.78, 5) is 27.2. The second kappa shape index (κ2) is 4.58. The molecule has 1 unspecified atom stereocenters. The summed E-state index contributed by atoms with van der Waals surface area (Å²) in [6, 6.07) is 1.44. The van der Waals surface area contributed by atoms with Gasteiger partial charge < -0.3 is 20.7 Å². The van der Waals surface area contributed by atoms with Crippen molar-refractivity contribution in [2.75, 3.05) is 13.1 Å². The van der Waals surface area contributed by atoms with Crippen LogP contribution in [0.3, 0.4) is 0 Å². The summed E-state index contributed by atoms with van der Waals surface area (Å²) < 4.78 is 0. The number of carbonyl (C=O) groups is 2. The average molecular weight is 237 g/mol. The van der Waals surface area contributed by atoms with Crippen molar-refractivity contribution in [1.82, 2.24) is 9.88 Å². The molecular formula is C11H15N3O3. The van der Waals surface area contributed by atoms with Crippen LogP contribution in [0.5, 0.6) is 0 Å². The molecule has 0 aromatic carbocycles. The summed E-state index contributed by atoms with van der Waals surface area (Å²) in [6.07, 6.45) is 2.46. The molecule has 0 saturated carbocycles. The van der Waals surface area contributed by atoms with Gasteiger partial charge in [0.05, 0.1) is 11.7 Å². The van der Waals surface area contributed by atoms with Gasteiger partial charge in [0.25, 0.3) is 5.91 Å². The van der Waals surface area contributed by atoms with Gasteiger partial charge in [-0.2, -0.15) is 0 Å². The van der Waals surface area contributed by atoms with Crippen LogP contribution in [-0.2, 0) is 0 Å². The fraction of sp³-hybridized carbons (Fsp3) is 0.455. The first-order valence-electron chi connectivity index (χ1n) is 5.53. The van der Waals surface area contributed by atoms with Crippen LogP contribution in [0.1, 0.15) is 33.7 Å². The summed E-state index contributed by atoms with van der Waals surface area (Å²) >= 11 is 0. The van der Waals surface area contributed by atoms with E-state index in [2.05, 4.69) is 4.98 Å². The minimum atomic E-state index is -0.570. The van der Waals surface area contributed by atoms with Crippen LogP contribution in [0.25, 0.3) is 0 Å². The summed E-state index contributed by atoms with van der Waals surface area (Å²) in [5.74, 6) is -0.782. The van der Waals surface area contributed by atoms with Crippen LogP contribution in [0, 0.1) is 0 Å². The van der Waals surface area contributed by atoms with E-state index in [0.29, 0.717) is 18.8 Å². The average Bonchev–Trinajstić information content (AvgIpc) is 2.77. The van der Waals surface area contributed by atoms with Crippen molar-refractivity contribution in [1.29, 1.82) is 0 Å². The number of aromatic amines is 1. The lowest BCUT2D eigenvalue weighted by molar-refractivity contribution is 0.0469. The highest BCUT2D eigenvalue weighted by atomic mass is 16.3. The minimum Gasteiger partial charge on any atom is -0.391 e. The van der Waals surface area contributed by atoms with Crippen molar-refractivity contribution in [3.63, 3.8) is 0 Å². The predicted octanol–water partition coefficient (Wildman–Crippen LogP) is -0.290. The van der Waals surface area contributed by atoms with Crippen LogP contribution in [0.2, 0.25) is 0 Å². The van der Waals surface area contributed by atoms with Gasteiger partial charge in [-0.1, -0.05) is 0 Å². The van der Waals surface area contributed by atoms with Crippen molar-refractivity contribution in [3.8, 4) is 0 Å². The minimum absolute atomic E-state index is 0.212. The summed E-state index contributed by atoms with van der Waals surface area (Å²) in [7, 11) is 0. The van der Waals surface area contributed by atoms with Crippen LogP contribution >= 0.6 is 0 Å². The molecule has 92 valence electrons. The molecule has 0 spiro atoms. The van der Waals surface area contributed by atoms with Gasteiger partial charge in [-0.05, 0) is 18.9 Å². The molecule has 4 N–H and O–H groups in total. The third kappa shape index (κ3) is 2.47. The maximum atomic E-state index is 12.0. The molecule has 1 aromatic rings. The molecule has 1 atom stereocenters. The van der Waals surface area contributed by atoms with Crippen LogP contribution in [0.15, 0.2) is 12.3 Å². The van der Waals surface area contributed by atoms with Crippen molar-refractivity contribution < 1.29 is 14.7 Å². The summed E-state index contributed by atoms with van der Waals surface area (Å²) in [6.45, 7) is 0.963. The fourth-order valence-electron chi connectivity index (χ4n) is 1.97. The first kappa shape index (κ1) is 11.7. The molecule has 1 aromatic heterocycles. The lowest BCUT2D eigenvalue weighted by Gasteiger charge is -2.29. The van der Waals surface area contributed by atoms with E-state index in [-0.39, 0.29) is 11.5 Å². The van der Waals surface area contributed by atoms with E-state index in [9.17, 15) is 14.7 Å². The monoisotopic (exact) mass is 237 g/mol. The zero-order valence-corrected chi connectivity index (χ0v) is 9.35. The topological polar surface area (TPSA) is 99.4 Å². The molecule has 1 saturated heterocycles. The van der Waals surface area contributed by atoms with E-state index in [1.54, 1.807) is 4.90 Å². The van der Waals surface area contributed by atoms with Gasteiger partial charge in [-0.15, -0.1) is 0 Å². The Morgan fingerprint density at radius 1 is 1.53 bits per heavy atom. The molecule has 0 radical (unpaired) electrons. The Morgan fingerprint density at radius 2 is 2.29 bits per heavy atom. The van der Waals surface area contributed by atoms with Crippen LogP contribution in [-0.4, -0.2) is 46.0 Å². The number of aliphatic hydroxyl groups excluding tert-OH is 1. The normalized spacial score (nSPS) is 20.3. The molecule has 2 amide bonds. The number of nitrogens with one attached hydrogen (secondary N) is 1. The number of H-pyrrole nitrogens is 1. The number of aromatic nitrogens is 1. The zero-order chi connectivity index (χ0) is 12.4. The number of carbonyl (C=O) groups excluding carboxylic acids is 2. The van der Waals surface area contributed by atoms with Crippen molar-refractivity contribution in [2.24, 2.45) is 5.73 Å². The van der Waals surface area contributed by atoms with E-state index in [4.69, 9.17) is 5.73 Å².